The Kier molecular flexibility index (Phi) is 3.84. The van der Waals surface area contributed by atoms with Crippen LogP contribution < -0.4 is 5.32 Å². The Morgan fingerprint density at radius 1 is 1.32 bits per heavy atom. The maximum atomic E-state index is 12.9. The van der Waals surface area contributed by atoms with Crippen LogP contribution in [0.4, 0.5) is 18.9 Å². The maximum Gasteiger partial charge on any atom is 0.418 e. The molecule has 0 atom stereocenters. The lowest BCUT2D eigenvalue weighted by molar-refractivity contribution is -0.137. The van der Waals surface area contributed by atoms with Gasteiger partial charge in [0, 0.05) is 23.4 Å². The van der Waals surface area contributed by atoms with Gasteiger partial charge in [-0.1, -0.05) is 15.9 Å². The molecule has 19 heavy (non-hydrogen) atoms. The minimum Gasteiger partial charge on any atom is -0.379 e. The number of alkyl halides is 3. The molecule has 1 heterocycles. The predicted octanol–water partition coefficient (Wildman–Crippen LogP) is 3.81. The number of halogens is 4. The maximum absolute atomic E-state index is 12.9. The molecule has 0 saturated carbocycles. The van der Waals surface area contributed by atoms with Gasteiger partial charge in [-0.3, -0.25) is 4.68 Å². The topological polar surface area (TPSA) is 29.9 Å². The number of hydrogen-bond donors (Lipinski definition) is 1. The van der Waals surface area contributed by atoms with Crippen molar-refractivity contribution in [2.75, 3.05) is 5.32 Å². The first-order valence-electron chi connectivity index (χ1n) is 5.45. The van der Waals surface area contributed by atoms with E-state index in [-0.39, 0.29) is 12.2 Å². The molecule has 1 aromatic heterocycles. The highest BCUT2D eigenvalue weighted by molar-refractivity contribution is 9.10. The van der Waals surface area contributed by atoms with E-state index in [1.165, 1.54) is 6.07 Å². The lowest BCUT2D eigenvalue weighted by Gasteiger charge is -2.14. The Morgan fingerprint density at radius 3 is 2.63 bits per heavy atom. The van der Waals surface area contributed by atoms with Gasteiger partial charge in [0.15, 0.2) is 0 Å². The molecule has 102 valence electrons. The third kappa shape index (κ3) is 3.50. The summed E-state index contributed by atoms with van der Waals surface area (Å²) in [5.74, 6) is 0. The van der Waals surface area contributed by atoms with E-state index in [2.05, 4.69) is 26.3 Å². The molecule has 0 aliphatic carbocycles. The van der Waals surface area contributed by atoms with Crippen LogP contribution in [0, 0.1) is 0 Å². The Hall–Kier alpha value is -1.50. The molecule has 0 aliphatic rings. The van der Waals surface area contributed by atoms with Crippen LogP contribution in [0.15, 0.2) is 34.9 Å². The molecule has 0 bridgehead atoms. The van der Waals surface area contributed by atoms with Gasteiger partial charge >= 0.3 is 6.18 Å². The van der Waals surface area contributed by atoms with Crippen molar-refractivity contribution in [3.63, 3.8) is 0 Å². The number of rotatable bonds is 3. The second kappa shape index (κ2) is 5.24. The van der Waals surface area contributed by atoms with Gasteiger partial charge in [-0.2, -0.15) is 18.3 Å². The van der Waals surface area contributed by atoms with Crippen molar-refractivity contribution in [2.45, 2.75) is 12.7 Å². The summed E-state index contributed by atoms with van der Waals surface area (Å²) >= 11 is 3.04. The molecular weight excluding hydrogens is 323 g/mol. The smallest absolute Gasteiger partial charge is 0.379 e. The lowest BCUT2D eigenvalue weighted by atomic mass is 10.1. The third-order valence-electron chi connectivity index (χ3n) is 2.52. The molecule has 1 N–H and O–H groups in total. The monoisotopic (exact) mass is 333 g/mol. The van der Waals surface area contributed by atoms with E-state index >= 15 is 0 Å². The molecule has 1 aromatic carbocycles. The molecule has 0 spiro atoms. The molecule has 2 rings (SSSR count). The number of hydrogen-bond acceptors (Lipinski definition) is 2. The van der Waals surface area contributed by atoms with E-state index in [1.54, 1.807) is 30.1 Å². The summed E-state index contributed by atoms with van der Waals surface area (Å²) in [4.78, 5) is 0. The van der Waals surface area contributed by atoms with Crippen LogP contribution in [-0.4, -0.2) is 9.78 Å². The number of aromatic nitrogens is 2. The predicted molar refractivity (Wildman–Crippen MR) is 69.7 cm³/mol. The minimum atomic E-state index is -4.39. The number of benzene rings is 1. The molecule has 2 aromatic rings. The van der Waals surface area contributed by atoms with Crippen molar-refractivity contribution in [3.8, 4) is 0 Å². The van der Waals surface area contributed by atoms with Crippen molar-refractivity contribution in [1.29, 1.82) is 0 Å². The Labute approximate surface area is 116 Å². The molecular formula is C12H11BrF3N3. The summed E-state index contributed by atoms with van der Waals surface area (Å²) in [5.41, 5.74) is 0.0257. The van der Waals surface area contributed by atoms with Gasteiger partial charge in [0.25, 0.3) is 0 Å². The van der Waals surface area contributed by atoms with E-state index < -0.39 is 11.7 Å². The summed E-state index contributed by atoms with van der Waals surface area (Å²) in [6.45, 7) is 0.242. The first kappa shape index (κ1) is 13.9. The second-order valence-electron chi connectivity index (χ2n) is 4.02. The van der Waals surface area contributed by atoms with Crippen molar-refractivity contribution < 1.29 is 13.2 Å². The second-order valence-corrected chi connectivity index (χ2v) is 4.94. The Balaban J connectivity index is 2.20. The highest BCUT2D eigenvalue weighted by Crippen LogP contribution is 2.36. The fourth-order valence-corrected chi connectivity index (χ4v) is 2.01. The summed E-state index contributed by atoms with van der Waals surface area (Å²) in [7, 11) is 1.75. The van der Waals surface area contributed by atoms with Gasteiger partial charge in [-0.25, -0.2) is 0 Å². The number of aryl methyl sites for hydroxylation is 1. The van der Waals surface area contributed by atoms with Gasteiger partial charge in [-0.05, 0) is 24.3 Å². The zero-order valence-corrected chi connectivity index (χ0v) is 11.6. The van der Waals surface area contributed by atoms with Crippen LogP contribution >= 0.6 is 15.9 Å². The van der Waals surface area contributed by atoms with E-state index in [9.17, 15) is 13.2 Å². The SMILES string of the molecule is Cn1ccc(CNc2ccc(Br)cc2C(F)(F)F)n1. The molecule has 0 fully saturated rings. The van der Waals surface area contributed by atoms with Crippen LogP contribution in [0.1, 0.15) is 11.3 Å². The standard InChI is InChI=1S/C12H11BrF3N3/c1-19-5-4-9(18-19)7-17-11-3-2-8(13)6-10(11)12(14,15)16/h2-6,17H,7H2,1H3. The lowest BCUT2D eigenvalue weighted by Crippen LogP contribution is -2.11. The number of nitrogens with zero attached hydrogens (tertiary/aromatic N) is 2. The molecule has 0 saturated heterocycles. The van der Waals surface area contributed by atoms with Crippen LogP contribution in [0.2, 0.25) is 0 Å². The van der Waals surface area contributed by atoms with Crippen LogP contribution in [0.25, 0.3) is 0 Å². The van der Waals surface area contributed by atoms with E-state index in [4.69, 9.17) is 0 Å². The van der Waals surface area contributed by atoms with Gasteiger partial charge in [-0.15, -0.1) is 0 Å². The highest BCUT2D eigenvalue weighted by Gasteiger charge is 2.33. The van der Waals surface area contributed by atoms with Crippen LogP contribution in [-0.2, 0) is 19.8 Å². The summed E-state index contributed by atoms with van der Waals surface area (Å²) in [6.07, 6.45) is -2.65. The normalized spacial score (nSPS) is 11.6. The third-order valence-corrected chi connectivity index (χ3v) is 3.01. The Morgan fingerprint density at radius 2 is 2.05 bits per heavy atom. The van der Waals surface area contributed by atoms with Crippen molar-refractivity contribution >= 4 is 21.6 Å². The number of anilines is 1. The van der Waals surface area contributed by atoms with Crippen molar-refractivity contribution in [3.05, 3.63) is 46.2 Å². The average Bonchev–Trinajstić information content (AvgIpc) is 2.72. The van der Waals surface area contributed by atoms with Crippen LogP contribution in [0.3, 0.4) is 0 Å². The van der Waals surface area contributed by atoms with Gasteiger partial charge < -0.3 is 5.32 Å². The molecule has 7 heteroatoms. The minimum absolute atomic E-state index is 0.0429. The van der Waals surface area contributed by atoms with Gasteiger partial charge in [0.1, 0.15) is 0 Å². The first-order chi connectivity index (χ1) is 8.86. The largest absolute Gasteiger partial charge is 0.418 e. The van der Waals surface area contributed by atoms with E-state index in [0.29, 0.717) is 10.2 Å². The first-order valence-corrected chi connectivity index (χ1v) is 6.25. The highest BCUT2D eigenvalue weighted by atomic mass is 79.9. The number of nitrogens with one attached hydrogen (secondary N) is 1. The van der Waals surface area contributed by atoms with Gasteiger partial charge in [0.05, 0.1) is 17.8 Å². The van der Waals surface area contributed by atoms with Crippen LogP contribution in [0.5, 0.6) is 0 Å². The molecule has 0 radical (unpaired) electrons. The van der Waals surface area contributed by atoms with Crippen molar-refractivity contribution in [1.82, 2.24) is 9.78 Å². The van der Waals surface area contributed by atoms with E-state index in [1.807, 2.05) is 0 Å². The molecule has 0 aliphatic heterocycles. The molecule has 0 amide bonds. The van der Waals surface area contributed by atoms with E-state index in [0.717, 1.165) is 6.07 Å². The van der Waals surface area contributed by atoms with Crippen molar-refractivity contribution in [2.24, 2.45) is 7.05 Å². The Bertz CT molecular complexity index is 578. The fourth-order valence-electron chi connectivity index (χ4n) is 1.65. The molecule has 3 nitrogen and oxygen atoms in total. The fraction of sp³-hybridized carbons (Fsp3) is 0.250. The van der Waals surface area contributed by atoms with Gasteiger partial charge in [0.2, 0.25) is 0 Å². The zero-order chi connectivity index (χ0) is 14.0. The summed E-state index contributed by atoms with van der Waals surface area (Å²) < 4.78 is 40.6. The summed E-state index contributed by atoms with van der Waals surface area (Å²) in [6, 6.07) is 5.77. The average molecular weight is 334 g/mol. The quantitative estimate of drug-likeness (QED) is 0.925. The summed E-state index contributed by atoms with van der Waals surface area (Å²) in [5, 5.41) is 6.86. The molecule has 0 unspecified atom stereocenters. The zero-order valence-electron chi connectivity index (χ0n) is 10.0.